The molecule has 0 aliphatic rings. The quantitative estimate of drug-likeness (QED) is 0.368. The van der Waals surface area contributed by atoms with Crippen molar-refractivity contribution in [3.63, 3.8) is 0 Å². The van der Waals surface area contributed by atoms with E-state index in [-0.39, 0.29) is 11.7 Å². The Labute approximate surface area is 101 Å². The Morgan fingerprint density at radius 1 is 1.06 bits per heavy atom. The molecule has 4 heteroatoms. The number of carbonyl (C=O) groups excluding carboxylic acids is 2. The van der Waals surface area contributed by atoms with Crippen LogP contribution in [-0.2, 0) is 0 Å². The smallest absolute Gasteiger partial charge is 0.268 e. The Kier molecular flexibility index (Phi) is 3.68. The van der Waals surface area contributed by atoms with Crippen LogP contribution in [0, 0.1) is 0 Å². The van der Waals surface area contributed by atoms with Crippen molar-refractivity contribution in [3.8, 4) is 0 Å². The number of hydrazine groups is 1. The SMILES string of the molecule is CC(=O)c1ccc(C(=O)N(N)C(C)(C)C)cc1. The van der Waals surface area contributed by atoms with Crippen molar-refractivity contribution in [1.29, 1.82) is 0 Å². The standard InChI is InChI=1S/C13H18N2O2/c1-9(16)10-5-7-11(8-6-10)12(17)15(14)13(2,3)4/h5-8H,14H2,1-4H3. The highest BCUT2D eigenvalue weighted by molar-refractivity contribution is 5.97. The second-order valence-corrected chi connectivity index (χ2v) is 4.98. The maximum atomic E-state index is 12.0. The molecule has 92 valence electrons. The molecule has 1 aromatic rings. The Hall–Kier alpha value is -1.68. The Balaban J connectivity index is 2.95. The van der Waals surface area contributed by atoms with E-state index in [1.54, 1.807) is 24.3 Å². The van der Waals surface area contributed by atoms with Crippen molar-refractivity contribution in [1.82, 2.24) is 5.01 Å². The van der Waals surface area contributed by atoms with Gasteiger partial charge < -0.3 is 0 Å². The molecule has 0 radical (unpaired) electrons. The molecule has 0 heterocycles. The van der Waals surface area contributed by atoms with Crippen LogP contribution in [0.3, 0.4) is 0 Å². The van der Waals surface area contributed by atoms with Crippen LogP contribution < -0.4 is 5.84 Å². The molecule has 1 amide bonds. The van der Waals surface area contributed by atoms with Gasteiger partial charge in [0.25, 0.3) is 5.91 Å². The van der Waals surface area contributed by atoms with Crippen LogP contribution in [0.2, 0.25) is 0 Å². The number of benzene rings is 1. The van der Waals surface area contributed by atoms with Gasteiger partial charge in [-0.15, -0.1) is 0 Å². The molecule has 0 bridgehead atoms. The number of ketones is 1. The summed E-state index contributed by atoms with van der Waals surface area (Å²) in [5, 5.41) is 1.19. The van der Waals surface area contributed by atoms with Crippen molar-refractivity contribution >= 4 is 11.7 Å². The van der Waals surface area contributed by atoms with E-state index in [2.05, 4.69) is 0 Å². The number of hydrogen-bond donors (Lipinski definition) is 1. The van der Waals surface area contributed by atoms with Gasteiger partial charge in [-0.05, 0) is 39.8 Å². The summed E-state index contributed by atoms with van der Waals surface area (Å²) in [4.78, 5) is 23.1. The summed E-state index contributed by atoms with van der Waals surface area (Å²) in [7, 11) is 0. The van der Waals surface area contributed by atoms with Gasteiger partial charge in [0.2, 0.25) is 0 Å². The fourth-order valence-electron chi connectivity index (χ4n) is 1.29. The van der Waals surface area contributed by atoms with Crippen LogP contribution in [0.15, 0.2) is 24.3 Å². The van der Waals surface area contributed by atoms with Gasteiger partial charge in [0, 0.05) is 11.1 Å². The highest BCUT2D eigenvalue weighted by atomic mass is 16.2. The molecule has 1 rings (SSSR count). The molecular weight excluding hydrogens is 216 g/mol. The fourth-order valence-corrected chi connectivity index (χ4v) is 1.29. The van der Waals surface area contributed by atoms with Gasteiger partial charge in [0.05, 0.1) is 5.54 Å². The molecule has 0 unspecified atom stereocenters. The van der Waals surface area contributed by atoms with Gasteiger partial charge in [0.15, 0.2) is 5.78 Å². The van der Waals surface area contributed by atoms with Gasteiger partial charge in [-0.1, -0.05) is 12.1 Å². The third kappa shape index (κ3) is 3.14. The van der Waals surface area contributed by atoms with E-state index < -0.39 is 5.54 Å². The molecule has 0 fully saturated rings. The van der Waals surface area contributed by atoms with Crippen LogP contribution in [0.1, 0.15) is 48.4 Å². The second kappa shape index (κ2) is 4.67. The zero-order valence-corrected chi connectivity index (χ0v) is 10.7. The van der Waals surface area contributed by atoms with E-state index in [0.29, 0.717) is 11.1 Å². The van der Waals surface area contributed by atoms with Crippen molar-refractivity contribution in [2.75, 3.05) is 0 Å². The van der Waals surface area contributed by atoms with E-state index in [4.69, 9.17) is 5.84 Å². The molecule has 0 atom stereocenters. The average molecular weight is 234 g/mol. The Morgan fingerprint density at radius 2 is 1.47 bits per heavy atom. The predicted molar refractivity (Wildman–Crippen MR) is 66.6 cm³/mol. The summed E-state index contributed by atoms with van der Waals surface area (Å²) in [5.74, 6) is 5.46. The number of rotatable bonds is 2. The molecule has 0 aliphatic heterocycles. The molecule has 0 aliphatic carbocycles. The minimum atomic E-state index is -0.434. The first kappa shape index (κ1) is 13.4. The Bertz CT molecular complexity index is 430. The summed E-state index contributed by atoms with van der Waals surface area (Å²) < 4.78 is 0. The van der Waals surface area contributed by atoms with Crippen LogP contribution in [0.5, 0.6) is 0 Å². The summed E-state index contributed by atoms with van der Waals surface area (Å²) in [6.07, 6.45) is 0. The largest absolute Gasteiger partial charge is 0.295 e. The number of carbonyl (C=O) groups is 2. The van der Waals surface area contributed by atoms with Crippen LogP contribution in [-0.4, -0.2) is 22.2 Å². The van der Waals surface area contributed by atoms with Crippen molar-refractivity contribution in [3.05, 3.63) is 35.4 Å². The van der Waals surface area contributed by atoms with Crippen molar-refractivity contribution in [2.45, 2.75) is 33.2 Å². The summed E-state index contributed by atoms with van der Waals surface area (Å²) >= 11 is 0. The van der Waals surface area contributed by atoms with Crippen molar-refractivity contribution in [2.24, 2.45) is 5.84 Å². The summed E-state index contributed by atoms with van der Waals surface area (Å²) in [6, 6.07) is 6.49. The fraction of sp³-hybridized carbons (Fsp3) is 0.385. The molecule has 0 saturated heterocycles. The molecule has 4 nitrogen and oxygen atoms in total. The molecule has 0 saturated carbocycles. The number of nitrogens with two attached hydrogens (primary N) is 1. The number of nitrogens with zero attached hydrogens (tertiary/aromatic N) is 1. The van der Waals surface area contributed by atoms with E-state index in [1.807, 2.05) is 20.8 Å². The average Bonchev–Trinajstić information content (AvgIpc) is 2.26. The number of hydrogen-bond acceptors (Lipinski definition) is 3. The first-order chi connectivity index (χ1) is 7.73. The van der Waals surface area contributed by atoms with E-state index >= 15 is 0 Å². The lowest BCUT2D eigenvalue weighted by atomic mass is 10.0. The molecule has 0 spiro atoms. The monoisotopic (exact) mass is 234 g/mol. The van der Waals surface area contributed by atoms with Gasteiger partial charge >= 0.3 is 0 Å². The zero-order chi connectivity index (χ0) is 13.2. The van der Waals surface area contributed by atoms with E-state index in [0.717, 1.165) is 0 Å². The summed E-state index contributed by atoms with van der Waals surface area (Å²) in [6.45, 7) is 7.06. The van der Waals surface area contributed by atoms with E-state index in [9.17, 15) is 9.59 Å². The number of Topliss-reactive ketones (excluding diaryl/α,β-unsaturated/α-hetero) is 1. The molecular formula is C13H18N2O2. The van der Waals surface area contributed by atoms with Crippen molar-refractivity contribution < 1.29 is 9.59 Å². The third-order valence-corrected chi connectivity index (χ3v) is 2.48. The topological polar surface area (TPSA) is 63.4 Å². The highest BCUT2D eigenvalue weighted by Crippen LogP contribution is 2.13. The van der Waals surface area contributed by atoms with Gasteiger partial charge in [-0.3, -0.25) is 14.6 Å². The van der Waals surface area contributed by atoms with Crippen LogP contribution in [0.4, 0.5) is 0 Å². The molecule has 2 N–H and O–H groups in total. The lowest BCUT2D eigenvalue weighted by Gasteiger charge is -2.31. The van der Waals surface area contributed by atoms with Gasteiger partial charge in [-0.25, -0.2) is 5.84 Å². The van der Waals surface area contributed by atoms with E-state index in [1.165, 1.54) is 11.9 Å². The first-order valence-corrected chi connectivity index (χ1v) is 5.44. The second-order valence-electron chi connectivity index (χ2n) is 4.98. The molecule has 0 aromatic heterocycles. The van der Waals surface area contributed by atoms with Crippen LogP contribution in [0.25, 0.3) is 0 Å². The van der Waals surface area contributed by atoms with Gasteiger partial charge in [0.1, 0.15) is 0 Å². The first-order valence-electron chi connectivity index (χ1n) is 5.44. The summed E-state index contributed by atoms with van der Waals surface area (Å²) in [5.41, 5.74) is 0.629. The minimum absolute atomic E-state index is 0.0237. The third-order valence-electron chi connectivity index (χ3n) is 2.48. The lowest BCUT2D eigenvalue weighted by Crippen LogP contribution is -2.50. The zero-order valence-electron chi connectivity index (χ0n) is 10.7. The Morgan fingerprint density at radius 3 is 1.82 bits per heavy atom. The van der Waals surface area contributed by atoms with Gasteiger partial charge in [-0.2, -0.15) is 0 Å². The number of amides is 1. The maximum absolute atomic E-state index is 12.0. The molecule has 17 heavy (non-hydrogen) atoms. The maximum Gasteiger partial charge on any atom is 0.268 e. The molecule has 1 aromatic carbocycles. The normalized spacial score (nSPS) is 11.1. The highest BCUT2D eigenvalue weighted by Gasteiger charge is 2.24. The lowest BCUT2D eigenvalue weighted by molar-refractivity contribution is 0.0581. The minimum Gasteiger partial charge on any atom is -0.295 e. The predicted octanol–water partition coefficient (Wildman–Crippen LogP) is 2.00. The van der Waals surface area contributed by atoms with Crippen LogP contribution >= 0.6 is 0 Å².